The summed E-state index contributed by atoms with van der Waals surface area (Å²) in [6.45, 7) is 1.34. The summed E-state index contributed by atoms with van der Waals surface area (Å²) < 4.78 is 45.9. The molecule has 0 unspecified atom stereocenters. The van der Waals surface area contributed by atoms with Crippen LogP contribution in [-0.4, -0.2) is 44.5 Å². The Hall–Kier alpha value is -4.75. The zero-order chi connectivity index (χ0) is 26.8. The molecule has 0 saturated carbocycles. The quantitative estimate of drug-likeness (QED) is 0.225. The smallest absolute Gasteiger partial charge is 0.417 e. The number of aryl methyl sites for hydroxylation is 1. The molecule has 36 heavy (non-hydrogen) atoms. The SMILES string of the molecule is COC(=O)c1ccc(C(=O)NN=C(C)c2nn(C)c(-c3ccccc3C(F)(F)F)c2O)cc1[N+](=O)[O-]. The maximum atomic E-state index is 13.5. The highest BCUT2D eigenvalue weighted by Gasteiger charge is 2.35. The molecule has 2 N–H and O–H groups in total. The van der Waals surface area contributed by atoms with Crippen molar-refractivity contribution in [1.82, 2.24) is 15.2 Å². The number of carbonyl (C=O) groups is 2. The third-order valence-electron chi connectivity index (χ3n) is 5.04. The number of carbonyl (C=O) groups excluding carboxylic acids is 2. The number of nitro groups is 1. The van der Waals surface area contributed by atoms with Gasteiger partial charge in [-0.2, -0.15) is 23.4 Å². The van der Waals surface area contributed by atoms with Crippen LogP contribution in [0.25, 0.3) is 11.3 Å². The lowest BCUT2D eigenvalue weighted by Crippen LogP contribution is -2.20. The molecule has 14 heteroatoms. The Labute approximate surface area is 201 Å². The molecule has 188 valence electrons. The van der Waals surface area contributed by atoms with E-state index in [9.17, 15) is 38.0 Å². The number of rotatable bonds is 6. The van der Waals surface area contributed by atoms with Gasteiger partial charge in [-0.15, -0.1) is 0 Å². The van der Waals surface area contributed by atoms with Crippen LogP contribution in [0.4, 0.5) is 18.9 Å². The summed E-state index contributed by atoms with van der Waals surface area (Å²) in [5, 5.41) is 29.7. The van der Waals surface area contributed by atoms with E-state index < -0.39 is 40.0 Å². The number of ether oxygens (including phenoxy) is 1. The lowest BCUT2D eigenvalue weighted by atomic mass is 10.0. The molecule has 0 saturated heterocycles. The number of benzene rings is 2. The van der Waals surface area contributed by atoms with E-state index in [4.69, 9.17) is 0 Å². The number of hydrogen-bond donors (Lipinski definition) is 2. The second-order valence-corrected chi connectivity index (χ2v) is 7.33. The maximum Gasteiger partial charge on any atom is 0.417 e. The van der Waals surface area contributed by atoms with E-state index in [0.717, 1.165) is 36.1 Å². The van der Waals surface area contributed by atoms with E-state index in [1.165, 1.54) is 32.2 Å². The molecule has 0 bridgehead atoms. The van der Waals surface area contributed by atoms with E-state index >= 15 is 0 Å². The highest BCUT2D eigenvalue weighted by Crippen LogP contribution is 2.40. The van der Waals surface area contributed by atoms with E-state index in [0.29, 0.717) is 0 Å². The van der Waals surface area contributed by atoms with Crippen molar-refractivity contribution in [1.29, 1.82) is 0 Å². The van der Waals surface area contributed by atoms with Gasteiger partial charge in [-0.1, -0.05) is 18.2 Å². The van der Waals surface area contributed by atoms with Crippen LogP contribution in [0.1, 0.15) is 38.9 Å². The van der Waals surface area contributed by atoms with Crippen molar-refractivity contribution >= 4 is 23.3 Å². The number of alkyl halides is 3. The number of methoxy groups -OCH3 is 1. The molecule has 0 radical (unpaired) electrons. The van der Waals surface area contributed by atoms with Crippen molar-refractivity contribution in [3.63, 3.8) is 0 Å². The van der Waals surface area contributed by atoms with Crippen LogP contribution in [-0.2, 0) is 18.0 Å². The Morgan fingerprint density at radius 2 is 1.89 bits per heavy atom. The van der Waals surface area contributed by atoms with Crippen LogP contribution in [0.15, 0.2) is 47.6 Å². The molecule has 1 amide bonds. The lowest BCUT2D eigenvalue weighted by molar-refractivity contribution is -0.385. The van der Waals surface area contributed by atoms with Gasteiger partial charge in [-0.05, 0) is 25.1 Å². The van der Waals surface area contributed by atoms with Crippen molar-refractivity contribution in [3.8, 4) is 17.0 Å². The average Bonchev–Trinajstić information content (AvgIpc) is 3.14. The van der Waals surface area contributed by atoms with Crippen molar-refractivity contribution < 1.29 is 37.5 Å². The topological polar surface area (TPSA) is 149 Å². The molecule has 11 nitrogen and oxygen atoms in total. The second kappa shape index (κ2) is 9.85. The summed E-state index contributed by atoms with van der Waals surface area (Å²) in [7, 11) is 2.38. The normalized spacial score (nSPS) is 11.8. The molecule has 0 aliphatic carbocycles. The van der Waals surface area contributed by atoms with Crippen molar-refractivity contribution in [2.45, 2.75) is 13.1 Å². The van der Waals surface area contributed by atoms with Gasteiger partial charge in [0.05, 0.1) is 23.3 Å². The third-order valence-corrected chi connectivity index (χ3v) is 5.04. The largest absolute Gasteiger partial charge is 0.504 e. The molecule has 0 fully saturated rings. The van der Waals surface area contributed by atoms with E-state index in [1.54, 1.807) is 0 Å². The van der Waals surface area contributed by atoms with Gasteiger partial charge in [0.1, 0.15) is 11.3 Å². The number of amides is 1. The number of hydrazone groups is 1. The van der Waals surface area contributed by atoms with Crippen LogP contribution in [0.3, 0.4) is 0 Å². The van der Waals surface area contributed by atoms with Gasteiger partial charge in [0, 0.05) is 24.2 Å². The van der Waals surface area contributed by atoms with Gasteiger partial charge < -0.3 is 9.84 Å². The van der Waals surface area contributed by atoms with Crippen molar-refractivity contribution in [2.24, 2.45) is 12.1 Å². The van der Waals surface area contributed by atoms with E-state index in [2.05, 4.69) is 20.4 Å². The molecule has 3 rings (SSSR count). The van der Waals surface area contributed by atoms with Gasteiger partial charge >= 0.3 is 12.1 Å². The predicted molar refractivity (Wildman–Crippen MR) is 119 cm³/mol. The standard InChI is InChI=1S/C22H18F3N5O6/c1-11(26-27-20(32)12-8-9-14(21(33)36-3)16(10-12)30(34)35)17-19(31)18(29(2)28-17)13-6-4-5-7-15(13)22(23,24)25/h4-10,31H,1-3H3,(H,27,32). The Morgan fingerprint density at radius 3 is 2.50 bits per heavy atom. The number of nitro benzene ring substituents is 1. The second-order valence-electron chi connectivity index (χ2n) is 7.33. The highest BCUT2D eigenvalue weighted by molar-refractivity contribution is 6.03. The van der Waals surface area contributed by atoms with Crippen LogP contribution in [0.5, 0.6) is 5.75 Å². The Bertz CT molecular complexity index is 1400. The van der Waals surface area contributed by atoms with E-state index in [1.807, 2.05) is 0 Å². The summed E-state index contributed by atoms with van der Waals surface area (Å²) >= 11 is 0. The highest BCUT2D eigenvalue weighted by atomic mass is 19.4. The number of halogens is 3. The molecular weight excluding hydrogens is 487 g/mol. The number of esters is 1. The zero-order valence-electron chi connectivity index (χ0n) is 19.0. The number of hydrogen-bond acceptors (Lipinski definition) is 8. The summed E-state index contributed by atoms with van der Waals surface area (Å²) in [5.74, 6) is -2.45. The molecule has 0 atom stereocenters. The minimum absolute atomic E-state index is 0.0622. The monoisotopic (exact) mass is 505 g/mol. The zero-order valence-corrected chi connectivity index (χ0v) is 19.0. The minimum atomic E-state index is -4.68. The van der Waals surface area contributed by atoms with Gasteiger partial charge in [-0.3, -0.25) is 19.6 Å². The molecule has 2 aromatic carbocycles. The average molecular weight is 505 g/mol. The first kappa shape index (κ1) is 25.9. The number of nitrogens with zero attached hydrogens (tertiary/aromatic N) is 4. The predicted octanol–water partition coefficient (Wildman–Crippen LogP) is 3.66. The summed E-state index contributed by atoms with van der Waals surface area (Å²) in [4.78, 5) is 34.6. The minimum Gasteiger partial charge on any atom is -0.504 e. The first-order valence-electron chi connectivity index (χ1n) is 10.0. The molecule has 0 aliphatic heterocycles. The van der Waals surface area contributed by atoms with Crippen LogP contribution < -0.4 is 5.43 Å². The molecule has 0 aliphatic rings. The van der Waals surface area contributed by atoms with Gasteiger partial charge in [0.15, 0.2) is 11.4 Å². The van der Waals surface area contributed by atoms with Crippen LogP contribution in [0, 0.1) is 10.1 Å². The molecular formula is C22H18F3N5O6. The lowest BCUT2D eigenvalue weighted by Gasteiger charge is -2.12. The van der Waals surface area contributed by atoms with Gasteiger partial charge in [0.25, 0.3) is 11.6 Å². The fraction of sp³-hybridized carbons (Fsp3) is 0.182. The molecule has 0 spiro atoms. The van der Waals surface area contributed by atoms with Gasteiger partial charge in [-0.25, -0.2) is 10.2 Å². The number of nitrogens with one attached hydrogen (secondary N) is 1. The summed E-state index contributed by atoms with van der Waals surface area (Å²) in [6.07, 6.45) is -4.68. The van der Waals surface area contributed by atoms with Crippen molar-refractivity contribution in [3.05, 3.63) is 75.0 Å². The number of aromatic hydroxyl groups is 1. The molecule has 3 aromatic rings. The molecule has 1 heterocycles. The van der Waals surface area contributed by atoms with E-state index in [-0.39, 0.29) is 33.8 Å². The Balaban J connectivity index is 1.92. The summed E-state index contributed by atoms with van der Waals surface area (Å²) in [5.41, 5.74) is -0.862. The van der Waals surface area contributed by atoms with Crippen molar-refractivity contribution in [2.75, 3.05) is 7.11 Å². The first-order valence-corrected chi connectivity index (χ1v) is 10.0. The van der Waals surface area contributed by atoms with Crippen LogP contribution >= 0.6 is 0 Å². The fourth-order valence-electron chi connectivity index (χ4n) is 3.35. The maximum absolute atomic E-state index is 13.5. The first-order chi connectivity index (χ1) is 16.9. The third kappa shape index (κ3) is 5.01. The molecule has 1 aromatic heterocycles. The number of aromatic nitrogens is 2. The van der Waals surface area contributed by atoms with Gasteiger partial charge in [0.2, 0.25) is 0 Å². The van der Waals surface area contributed by atoms with Crippen LogP contribution in [0.2, 0.25) is 0 Å². The Morgan fingerprint density at radius 1 is 1.22 bits per heavy atom. The Kier molecular flexibility index (Phi) is 7.08. The fourth-order valence-corrected chi connectivity index (χ4v) is 3.35. The summed E-state index contributed by atoms with van der Waals surface area (Å²) in [6, 6.07) is 7.69.